The summed E-state index contributed by atoms with van der Waals surface area (Å²) in [4.78, 5) is 2.47. The van der Waals surface area contributed by atoms with Crippen LogP contribution in [-0.4, -0.2) is 22.9 Å². The normalized spacial score (nSPS) is 16.0. The largest absolute Gasteiger partial charge is 0.356 e. The second-order valence-corrected chi connectivity index (χ2v) is 5.94. The number of alkyl halides is 1. The molecule has 1 aromatic heterocycles. The van der Waals surface area contributed by atoms with Gasteiger partial charge in [0.15, 0.2) is 0 Å². The molecule has 3 nitrogen and oxygen atoms in total. The summed E-state index contributed by atoms with van der Waals surface area (Å²) < 4.78 is 2.07. The van der Waals surface area contributed by atoms with Gasteiger partial charge in [-0.2, -0.15) is 5.10 Å². The first kappa shape index (κ1) is 14.5. The van der Waals surface area contributed by atoms with Crippen LogP contribution in [0.1, 0.15) is 36.9 Å². The summed E-state index contributed by atoms with van der Waals surface area (Å²) in [5.74, 6) is 1.71. The molecule has 0 unspecified atom stereocenters. The standard InChI is InChI=1S/C17H22ClN3/c1-14-16(13-18)17(20-11-7-2-3-8-12-20)21(19-14)15-9-5-4-6-10-15/h4-6,9-10H,2-3,7-8,11-13H2,1H3. The first-order valence-electron chi connectivity index (χ1n) is 7.76. The van der Waals surface area contributed by atoms with Gasteiger partial charge in [0.2, 0.25) is 0 Å². The number of aryl methyl sites for hydroxylation is 1. The van der Waals surface area contributed by atoms with E-state index in [0.717, 1.165) is 24.5 Å². The lowest BCUT2D eigenvalue weighted by atomic mass is 10.2. The van der Waals surface area contributed by atoms with E-state index in [1.807, 2.05) is 6.07 Å². The molecule has 0 N–H and O–H groups in total. The van der Waals surface area contributed by atoms with Crippen molar-refractivity contribution in [2.24, 2.45) is 0 Å². The maximum Gasteiger partial charge on any atom is 0.137 e. The quantitative estimate of drug-likeness (QED) is 0.788. The summed E-state index contributed by atoms with van der Waals surface area (Å²) in [6, 6.07) is 10.4. The van der Waals surface area contributed by atoms with Gasteiger partial charge in [-0.3, -0.25) is 0 Å². The molecule has 0 aliphatic carbocycles. The molecule has 0 bridgehead atoms. The fourth-order valence-electron chi connectivity index (χ4n) is 3.06. The van der Waals surface area contributed by atoms with Gasteiger partial charge in [0.25, 0.3) is 0 Å². The van der Waals surface area contributed by atoms with Crippen LogP contribution in [0.15, 0.2) is 30.3 Å². The Morgan fingerprint density at radius 2 is 1.71 bits per heavy atom. The minimum absolute atomic E-state index is 0.518. The van der Waals surface area contributed by atoms with E-state index >= 15 is 0 Å². The van der Waals surface area contributed by atoms with Gasteiger partial charge in [-0.15, -0.1) is 11.6 Å². The van der Waals surface area contributed by atoms with Crippen molar-refractivity contribution in [2.45, 2.75) is 38.5 Å². The van der Waals surface area contributed by atoms with Gasteiger partial charge >= 0.3 is 0 Å². The lowest BCUT2D eigenvalue weighted by Gasteiger charge is -2.24. The summed E-state index contributed by atoms with van der Waals surface area (Å²) in [5.41, 5.74) is 3.31. The summed E-state index contributed by atoms with van der Waals surface area (Å²) in [5, 5.41) is 4.75. The number of halogens is 1. The maximum absolute atomic E-state index is 6.22. The average molecular weight is 304 g/mol. The molecule has 1 aliphatic rings. The number of para-hydroxylation sites is 1. The van der Waals surface area contributed by atoms with Gasteiger partial charge in [-0.1, -0.05) is 31.0 Å². The molecule has 4 heteroatoms. The molecule has 2 aromatic rings. The van der Waals surface area contributed by atoms with E-state index < -0.39 is 0 Å². The van der Waals surface area contributed by atoms with Crippen LogP contribution >= 0.6 is 11.6 Å². The van der Waals surface area contributed by atoms with E-state index in [1.54, 1.807) is 0 Å². The van der Waals surface area contributed by atoms with Crippen molar-refractivity contribution < 1.29 is 0 Å². The van der Waals surface area contributed by atoms with E-state index in [2.05, 4.69) is 40.8 Å². The highest BCUT2D eigenvalue weighted by molar-refractivity contribution is 6.17. The zero-order valence-electron chi connectivity index (χ0n) is 12.6. The second kappa shape index (κ2) is 6.52. The fourth-order valence-corrected chi connectivity index (χ4v) is 3.37. The van der Waals surface area contributed by atoms with Crippen molar-refractivity contribution in [1.82, 2.24) is 9.78 Å². The van der Waals surface area contributed by atoms with Gasteiger partial charge in [0.05, 0.1) is 17.3 Å². The average Bonchev–Trinajstić information content (AvgIpc) is 2.69. The summed E-state index contributed by atoms with van der Waals surface area (Å²) in [6.07, 6.45) is 5.15. The van der Waals surface area contributed by atoms with Crippen molar-refractivity contribution in [2.75, 3.05) is 18.0 Å². The van der Waals surface area contributed by atoms with Crippen molar-refractivity contribution >= 4 is 17.4 Å². The minimum Gasteiger partial charge on any atom is -0.356 e. The molecule has 0 saturated carbocycles. The lowest BCUT2D eigenvalue weighted by molar-refractivity contribution is 0.726. The van der Waals surface area contributed by atoms with E-state index in [1.165, 1.54) is 37.1 Å². The monoisotopic (exact) mass is 303 g/mol. The molecule has 1 fully saturated rings. The van der Waals surface area contributed by atoms with E-state index in [-0.39, 0.29) is 0 Å². The predicted octanol–water partition coefficient (Wildman–Crippen LogP) is 4.30. The molecule has 0 spiro atoms. The Morgan fingerprint density at radius 1 is 1.05 bits per heavy atom. The molecule has 1 saturated heterocycles. The number of nitrogens with zero attached hydrogens (tertiary/aromatic N) is 3. The third kappa shape index (κ3) is 2.93. The van der Waals surface area contributed by atoms with Crippen LogP contribution in [0.4, 0.5) is 5.82 Å². The van der Waals surface area contributed by atoms with Crippen LogP contribution in [0, 0.1) is 6.92 Å². The van der Waals surface area contributed by atoms with Gasteiger partial charge in [-0.05, 0) is 31.9 Å². The molecule has 1 aromatic carbocycles. The highest BCUT2D eigenvalue weighted by atomic mass is 35.5. The van der Waals surface area contributed by atoms with Crippen molar-refractivity contribution in [3.8, 4) is 5.69 Å². The van der Waals surface area contributed by atoms with Crippen molar-refractivity contribution in [3.63, 3.8) is 0 Å². The Bertz CT molecular complexity index is 584. The lowest BCUT2D eigenvalue weighted by Crippen LogP contribution is -2.27. The highest BCUT2D eigenvalue weighted by Gasteiger charge is 2.22. The highest BCUT2D eigenvalue weighted by Crippen LogP contribution is 2.30. The van der Waals surface area contributed by atoms with Crippen LogP contribution in [0.5, 0.6) is 0 Å². The number of anilines is 1. The molecular formula is C17H22ClN3. The third-order valence-corrected chi connectivity index (χ3v) is 4.46. The first-order chi connectivity index (χ1) is 10.3. The maximum atomic E-state index is 6.22. The predicted molar refractivity (Wildman–Crippen MR) is 88.5 cm³/mol. The summed E-state index contributed by atoms with van der Waals surface area (Å²) in [6.45, 7) is 4.25. The summed E-state index contributed by atoms with van der Waals surface area (Å²) >= 11 is 6.22. The smallest absolute Gasteiger partial charge is 0.137 e. The molecule has 3 rings (SSSR count). The molecular weight excluding hydrogens is 282 g/mol. The van der Waals surface area contributed by atoms with Crippen LogP contribution < -0.4 is 4.90 Å². The minimum atomic E-state index is 0.518. The molecule has 21 heavy (non-hydrogen) atoms. The Morgan fingerprint density at radius 3 is 2.33 bits per heavy atom. The third-order valence-electron chi connectivity index (χ3n) is 4.20. The molecule has 112 valence electrons. The molecule has 0 atom stereocenters. The second-order valence-electron chi connectivity index (χ2n) is 5.67. The van der Waals surface area contributed by atoms with Crippen LogP contribution in [0.3, 0.4) is 0 Å². The van der Waals surface area contributed by atoms with E-state index in [9.17, 15) is 0 Å². The van der Waals surface area contributed by atoms with Crippen molar-refractivity contribution in [3.05, 3.63) is 41.6 Å². The topological polar surface area (TPSA) is 21.1 Å². The van der Waals surface area contributed by atoms with Gasteiger partial charge in [0.1, 0.15) is 5.82 Å². The number of hydrogen-bond donors (Lipinski definition) is 0. The molecule has 0 amide bonds. The molecule has 0 radical (unpaired) electrons. The number of aromatic nitrogens is 2. The Balaban J connectivity index is 2.07. The van der Waals surface area contributed by atoms with E-state index in [0.29, 0.717) is 5.88 Å². The number of rotatable bonds is 3. The Hall–Kier alpha value is -1.48. The van der Waals surface area contributed by atoms with Crippen LogP contribution in [-0.2, 0) is 5.88 Å². The van der Waals surface area contributed by atoms with E-state index in [4.69, 9.17) is 16.7 Å². The zero-order chi connectivity index (χ0) is 14.7. The summed E-state index contributed by atoms with van der Waals surface area (Å²) in [7, 11) is 0. The van der Waals surface area contributed by atoms with Gasteiger partial charge in [-0.25, -0.2) is 4.68 Å². The SMILES string of the molecule is Cc1nn(-c2ccccc2)c(N2CCCCCC2)c1CCl. The Labute approximate surface area is 131 Å². The number of hydrogen-bond acceptors (Lipinski definition) is 2. The number of benzene rings is 1. The van der Waals surface area contributed by atoms with Gasteiger partial charge < -0.3 is 4.90 Å². The zero-order valence-corrected chi connectivity index (χ0v) is 13.3. The van der Waals surface area contributed by atoms with Crippen LogP contribution in [0.2, 0.25) is 0 Å². The van der Waals surface area contributed by atoms with Gasteiger partial charge in [0, 0.05) is 18.7 Å². The van der Waals surface area contributed by atoms with Crippen LogP contribution in [0.25, 0.3) is 5.69 Å². The fraction of sp³-hybridized carbons (Fsp3) is 0.471. The first-order valence-corrected chi connectivity index (χ1v) is 8.29. The van der Waals surface area contributed by atoms with Crippen molar-refractivity contribution in [1.29, 1.82) is 0 Å². The molecule has 1 aliphatic heterocycles. The Kier molecular flexibility index (Phi) is 4.49. The molecule has 2 heterocycles.